The van der Waals surface area contributed by atoms with Crippen molar-refractivity contribution in [1.82, 2.24) is 0 Å². The third kappa shape index (κ3) is 2.48. The summed E-state index contributed by atoms with van der Waals surface area (Å²) in [5, 5.41) is 0. The Morgan fingerprint density at radius 3 is 2.62 bits per heavy atom. The number of hydrogen-bond acceptors (Lipinski definition) is 1. The SMILES string of the molecule is C=CCc1ccc(C(C)C(C)C)o1. The molecule has 1 heteroatoms. The quantitative estimate of drug-likeness (QED) is 0.640. The molecule has 0 N–H and O–H groups in total. The molecule has 1 heterocycles. The molecule has 0 aliphatic rings. The molecule has 1 aromatic heterocycles. The first-order valence-corrected chi connectivity index (χ1v) is 4.84. The first kappa shape index (κ1) is 10.1. The lowest BCUT2D eigenvalue weighted by Gasteiger charge is -2.11. The predicted octanol–water partition coefficient (Wildman–Crippen LogP) is 3.77. The van der Waals surface area contributed by atoms with Crippen LogP contribution in [0.25, 0.3) is 0 Å². The fourth-order valence-corrected chi connectivity index (χ4v) is 1.22. The normalized spacial score (nSPS) is 13.2. The maximum atomic E-state index is 5.68. The molecule has 0 saturated heterocycles. The van der Waals surface area contributed by atoms with Crippen molar-refractivity contribution in [2.45, 2.75) is 33.1 Å². The fourth-order valence-electron chi connectivity index (χ4n) is 1.22. The van der Waals surface area contributed by atoms with Gasteiger partial charge in [0.15, 0.2) is 0 Å². The van der Waals surface area contributed by atoms with Crippen molar-refractivity contribution in [3.05, 3.63) is 36.3 Å². The van der Waals surface area contributed by atoms with E-state index >= 15 is 0 Å². The van der Waals surface area contributed by atoms with Crippen molar-refractivity contribution in [3.63, 3.8) is 0 Å². The Morgan fingerprint density at radius 1 is 1.38 bits per heavy atom. The lowest BCUT2D eigenvalue weighted by Crippen LogP contribution is -1.99. The monoisotopic (exact) mass is 178 g/mol. The van der Waals surface area contributed by atoms with E-state index in [0.717, 1.165) is 17.9 Å². The smallest absolute Gasteiger partial charge is 0.107 e. The molecular weight excluding hydrogens is 160 g/mol. The zero-order valence-corrected chi connectivity index (χ0v) is 8.71. The van der Waals surface area contributed by atoms with E-state index in [1.54, 1.807) is 0 Å². The zero-order chi connectivity index (χ0) is 9.84. The van der Waals surface area contributed by atoms with E-state index < -0.39 is 0 Å². The Bertz CT molecular complexity index is 270. The minimum absolute atomic E-state index is 0.499. The Labute approximate surface area is 80.5 Å². The summed E-state index contributed by atoms with van der Waals surface area (Å²) in [5.41, 5.74) is 0. The summed E-state index contributed by atoms with van der Waals surface area (Å²) in [4.78, 5) is 0. The van der Waals surface area contributed by atoms with E-state index in [0.29, 0.717) is 11.8 Å². The van der Waals surface area contributed by atoms with Gasteiger partial charge in [0.25, 0.3) is 0 Å². The molecule has 1 unspecified atom stereocenters. The average molecular weight is 178 g/mol. The van der Waals surface area contributed by atoms with E-state index in [4.69, 9.17) is 4.42 Å². The Morgan fingerprint density at radius 2 is 2.08 bits per heavy atom. The van der Waals surface area contributed by atoms with E-state index in [2.05, 4.69) is 33.4 Å². The second-order valence-electron chi connectivity index (χ2n) is 3.83. The van der Waals surface area contributed by atoms with Crippen LogP contribution in [0.4, 0.5) is 0 Å². The van der Waals surface area contributed by atoms with Gasteiger partial charge in [-0.25, -0.2) is 0 Å². The highest BCUT2D eigenvalue weighted by molar-refractivity contribution is 5.12. The van der Waals surface area contributed by atoms with Crippen LogP contribution >= 0.6 is 0 Å². The second kappa shape index (κ2) is 4.31. The summed E-state index contributed by atoms with van der Waals surface area (Å²) in [6.07, 6.45) is 2.69. The van der Waals surface area contributed by atoms with Crippen molar-refractivity contribution >= 4 is 0 Å². The van der Waals surface area contributed by atoms with Crippen LogP contribution in [0.3, 0.4) is 0 Å². The van der Waals surface area contributed by atoms with Crippen LogP contribution in [-0.2, 0) is 6.42 Å². The van der Waals surface area contributed by atoms with Gasteiger partial charge in [-0.2, -0.15) is 0 Å². The van der Waals surface area contributed by atoms with Crippen LogP contribution in [0.5, 0.6) is 0 Å². The Hall–Kier alpha value is -0.980. The van der Waals surface area contributed by atoms with Gasteiger partial charge in [0.05, 0.1) is 0 Å². The number of rotatable bonds is 4. The molecule has 1 nitrogen and oxygen atoms in total. The van der Waals surface area contributed by atoms with Crippen molar-refractivity contribution < 1.29 is 4.42 Å². The Kier molecular flexibility index (Phi) is 3.35. The molecule has 0 aliphatic carbocycles. The van der Waals surface area contributed by atoms with Crippen LogP contribution < -0.4 is 0 Å². The van der Waals surface area contributed by atoms with Gasteiger partial charge in [-0.3, -0.25) is 0 Å². The summed E-state index contributed by atoms with van der Waals surface area (Å²) in [6, 6.07) is 4.11. The summed E-state index contributed by atoms with van der Waals surface area (Å²) in [6.45, 7) is 10.3. The molecule has 0 radical (unpaired) electrons. The van der Waals surface area contributed by atoms with Crippen LogP contribution in [0, 0.1) is 5.92 Å². The summed E-state index contributed by atoms with van der Waals surface area (Å²) < 4.78 is 5.68. The van der Waals surface area contributed by atoms with Crippen molar-refractivity contribution in [3.8, 4) is 0 Å². The maximum absolute atomic E-state index is 5.68. The number of hydrogen-bond donors (Lipinski definition) is 0. The van der Waals surface area contributed by atoms with Gasteiger partial charge in [0.2, 0.25) is 0 Å². The maximum Gasteiger partial charge on any atom is 0.107 e. The predicted molar refractivity (Wildman–Crippen MR) is 55.9 cm³/mol. The molecule has 0 amide bonds. The highest BCUT2D eigenvalue weighted by atomic mass is 16.3. The molecule has 13 heavy (non-hydrogen) atoms. The van der Waals surface area contributed by atoms with Gasteiger partial charge in [-0.05, 0) is 18.1 Å². The van der Waals surface area contributed by atoms with E-state index in [-0.39, 0.29) is 0 Å². The van der Waals surface area contributed by atoms with E-state index in [9.17, 15) is 0 Å². The summed E-state index contributed by atoms with van der Waals surface area (Å²) in [7, 11) is 0. The zero-order valence-electron chi connectivity index (χ0n) is 8.71. The van der Waals surface area contributed by atoms with Crippen LogP contribution in [-0.4, -0.2) is 0 Å². The molecule has 1 rings (SSSR count). The van der Waals surface area contributed by atoms with Gasteiger partial charge >= 0.3 is 0 Å². The molecular formula is C12H18O. The van der Waals surface area contributed by atoms with Crippen LogP contribution in [0.15, 0.2) is 29.2 Å². The first-order valence-electron chi connectivity index (χ1n) is 4.84. The minimum Gasteiger partial charge on any atom is -0.465 e. The molecule has 0 aromatic carbocycles. The van der Waals surface area contributed by atoms with Crippen LogP contribution in [0.1, 0.15) is 38.2 Å². The van der Waals surface area contributed by atoms with E-state index in [1.807, 2.05) is 12.1 Å². The average Bonchev–Trinajstić information content (AvgIpc) is 2.52. The fraction of sp³-hybridized carbons (Fsp3) is 0.500. The molecule has 1 aromatic rings. The topological polar surface area (TPSA) is 13.1 Å². The van der Waals surface area contributed by atoms with Gasteiger partial charge in [-0.1, -0.05) is 26.8 Å². The van der Waals surface area contributed by atoms with Crippen molar-refractivity contribution in [2.75, 3.05) is 0 Å². The highest BCUT2D eigenvalue weighted by Gasteiger charge is 2.13. The molecule has 0 aliphatic heterocycles. The van der Waals surface area contributed by atoms with Gasteiger partial charge in [0.1, 0.15) is 11.5 Å². The molecule has 1 atom stereocenters. The standard InChI is InChI=1S/C12H18O/c1-5-6-11-7-8-12(13-11)10(4)9(2)3/h5,7-10H,1,6H2,2-4H3. The summed E-state index contributed by atoms with van der Waals surface area (Å²) in [5.74, 6) is 3.23. The number of furan rings is 1. The lowest BCUT2D eigenvalue weighted by molar-refractivity contribution is 0.398. The van der Waals surface area contributed by atoms with Crippen molar-refractivity contribution in [2.24, 2.45) is 5.92 Å². The second-order valence-corrected chi connectivity index (χ2v) is 3.83. The Balaban J connectivity index is 2.73. The summed E-state index contributed by atoms with van der Waals surface area (Å²) >= 11 is 0. The van der Waals surface area contributed by atoms with Gasteiger partial charge in [-0.15, -0.1) is 6.58 Å². The van der Waals surface area contributed by atoms with Gasteiger partial charge < -0.3 is 4.42 Å². The third-order valence-corrected chi connectivity index (χ3v) is 2.48. The molecule has 0 spiro atoms. The molecule has 0 saturated carbocycles. The lowest BCUT2D eigenvalue weighted by atomic mass is 9.96. The minimum atomic E-state index is 0.499. The first-order chi connectivity index (χ1) is 6.15. The van der Waals surface area contributed by atoms with E-state index in [1.165, 1.54) is 0 Å². The molecule has 72 valence electrons. The highest BCUT2D eigenvalue weighted by Crippen LogP contribution is 2.25. The van der Waals surface area contributed by atoms with Crippen LogP contribution in [0.2, 0.25) is 0 Å². The molecule has 0 fully saturated rings. The molecule has 0 bridgehead atoms. The number of allylic oxidation sites excluding steroid dienone is 1. The third-order valence-electron chi connectivity index (χ3n) is 2.48. The largest absolute Gasteiger partial charge is 0.465 e. The van der Waals surface area contributed by atoms with Gasteiger partial charge in [0, 0.05) is 12.3 Å². The van der Waals surface area contributed by atoms with Crippen molar-refractivity contribution in [1.29, 1.82) is 0 Å².